The number of hydrogen-bond acceptors (Lipinski definition) is 3. The molecule has 0 N–H and O–H groups in total. The summed E-state index contributed by atoms with van der Waals surface area (Å²) in [4.78, 5) is 21.9. The first-order valence-corrected chi connectivity index (χ1v) is 10.7. The average molecular weight is 356 g/mol. The molecule has 142 valence electrons. The first-order chi connectivity index (χ1) is 12.8. The molecule has 3 fully saturated rings. The Bertz CT molecular complexity index is 584. The fraction of sp³-hybridized carbons (Fsp3) is 0.727. The van der Waals surface area contributed by atoms with E-state index in [0.29, 0.717) is 17.9 Å². The molecule has 1 saturated carbocycles. The van der Waals surface area contributed by atoms with Gasteiger partial charge in [-0.3, -0.25) is 14.7 Å². The van der Waals surface area contributed by atoms with Crippen molar-refractivity contribution in [3.8, 4) is 0 Å². The molecule has 4 heteroatoms. The number of hydrogen-bond donors (Lipinski definition) is 0. The van der Waals surface area contributed by atoms with Crippen LogP contribution in [-0.4, -0.2) is 46.4 Å². The second kappa shape index (κ2) is 8.51. The van der Waals surface area contributed by atoms with Gasteiger partial charge < -0.3 is 4.90 Å². The van der Waals surface area contributed by atoms with Crippen LogP contribution in [0.15, 0.2) is 24.5 Å². The van der Waals surface area contributed by atoms with Crippen LogP contribution in [0.1, 0.15) is 63.4 Å². The molecule has 4 rings (SSSR count). The van der Waals surface area contributed by atoms with Crippen LogP contribution >= 0.6 is 0 Å². The molecule has 0 spiro atoms. The largest absolute Gasteiger partial charge is 0.341 e. The molecule has 4 nitrogen and oxygen atoms in total. The predicted octanol–water partition coefficient (Wildman–Crippen LogP) is 3.86. The Morgan fingerprint density at radius 1 is 1.12 bits per heavy atom. The van der Waals surface area contributed by atoms with Crippen LogP contribution in [0.4, 0.5) is 0 Å². The smallest absolute Gasteiger partial charge is 0.222 e. The zero-order valence-electron chi connectivity index (χ0n) is 16.0. The molecule has 3 heterocycles. The van der Waals surface area contributed by atoms with Crippen LogP contribution in [0.3, 0.4) is 0 Å². The second-order valence-electron chi connectivity index (χ2n) is 8.64. The molecule has 3 aliphatic rings. The first kappa shape index (κ1) is 18.0. The molecule has 2 saturated heterocycles. The summed E-state index contributed by atoms with van der Waals surface area (Å²) in [6.45, 7) is 4.05. The van der Waals surface area contributed by atoms with E-state index in [4.69, 9.17) is 0 Å². The highest BCUT2D eigenvalue weighted by atomic mass is 16.2. The lowest BCUT2D eigenvalue weighted by Gasteiger charge is -2.30. The zero-order chi connectivity index (χ0) is 17.8. The fourth-order valence-electron chi connectivity index (χ4n) is 5.35. The molecule has 0 aromatic carbocycles. The number of carbonyl (C=O) groups excluding carboxylic acids is 1. The van der Waals surface area contributed by atoms with Crippen molar-refractivity contribution in [1.82, 2.24) is 14.8 Å². The molecule has 26 heavy (non-hydrogen) atoms. The standard InChI is InChI=1S/C22H33N3O/c26-22(11-10-18-6-1-2-7-18)25-16-20-9-3-4-13-24(21(20)17-25)15-19-8-5-12-23-14-19/h5,8,12,14,18,20-21H,1-4,6-7,9-11,13,15-17H2/t20-,21+/m0/s1. The van der Waals surface area contributed by atoms with Gasteiger partial charge in [-0.1, -0.05) is 38.2 Å². The maximum Gasteiger partial charge on any atom is 0.222 e. The predicted molar refractivity (Wildman–Crippen MR) is 104 cm³/mol. The van der Waals surface area contributed by atoms with Gasteiger partial charge >= 0.3 is 0 Å². The third-order valence-corrected chi connectivity index (χ3v) is 6.85. The normalized spacial score (nSPS) is 27.5. The summed E-state index contributed by atoms with van der Waals surface area (Å²) in [7, 11) is 0. The van der Waals surface area contributed by atoms with Gasteiger partial charge in [-0.15, -0.1) is 0 Å². The van der Waals surface area contributed by atoms with Gasteiger partial charge in [0.1, 0.15) is 0 Å². The highest BCUT2D eigenvalue weighted by Crippen LogP contribution is 2.33. The lowest BCUT2D eigenvalue weighted by molar-refractivity contribution is -0.130. The summed E-state index contributed by atoms with van der Waals surface area (Å²) in [6.07, 6.45) is 15.0. The Morgan fingerprint density at radius 3 is 2.77 bits per heavy atom. The van der Waals surface area contributed by atoms with Crippen LogP contribution in [0.2, 0.25) is 0 Å². The number of rotatable bonds is 5. The summed E-state index contributed by atoms with van der Waals surface area (Å²) < 4.78 is 0. The van der Waals surface area contributed by atoms with E-state index in [0.717, 1.165) is 44.9 Å². The molecule has 2 aliphatic heterocycles. The molecular weight excluding hydrogens is 322 g/mol. The maximum atomic E-state index is 12.8. The van der Waals surface area contributed by atoms with Gasteiger partial charge in [0, 0.05) is 44.5 Å². The number of pyridine rings is 1. The van der Waals surface area contributed by atoms with Gasteiger partial charge in [-0.2, -0.15) is 0 Å². The Balaban J connectivity index is 1.35. The highest BCUT2D eigenvalue weighted by Gasteiger charge is 2.39. The highest BCUT2D eigenvalue weighted by molar-refractivity contribution is 5.76. The average Bonchev–Trinajstić information content (AvgIpc) is 3.30. The number of likely N-dealkylation sites (tertiary alicyclic amines) is 2. The molecule has 0 unspecified atom stereocenters. The van der Waals surface area contributed by atoms with E-state index in [1.165, 1.54) is 50.5 Å². The summed E-state index contributed by atoms with van der Waals surface area (Å²) >= 11 is 0. The summed E-state index contributed by atoms with van der Waals surface area (Å²) in [5.74, 6) is 1.88. The minimum absolute atomic E-state index is 0.409. The zero-order valence-corrected chi connectivity index (χ0v) is 16.0. The van der Waals surface area contributed by atoms with Crippen LogP contribution in [0, 0.1) is 11.8 Å². The first-order valence-electron chi connectivity index (χ1n) is 10.7. The van der Waals surface area contributed by atoms with Crippen molar-refractivity contribution in [2.75, 3.05) is 19.6 Å². The topological polar surface area (TPSA) is 36.4 Å². The van der Waals surface area contributed by atoms with Gasteiger partial charge in [-0.05, 0) is 49.3 Å². The number of fused-ring (bicyclic) bond motifs is 1. The van der Waals surface area contributed by atoms with Crippen LogP contribution in [-0.2, 0) is 11.3 Å². The lowest BCUT2D eigenvalue weighted by atomic mass is 9.98. The van der Waals surface area contributed by atoms with Gasteiger partial charge in [-0.25, -0.2) is 0 Å². The number of nitrogens with zero attached hydrogens (tertiary/aromatic N) is 3. The maximum absolute atomic E-state index is 12.8. The van der Waals surface area contributed by atoms with E-state index >= 15 is 0 Å². The fourth-order valence-corrected chi connectivity index (χ4v) is 5.35. The van der Waals surface area contributed by atoms with Crippen molar-refractivity contribution in [3.05, 3.63) is 30.1 Å². The summed E-state index contributed by atoms with van der Waals surface area (Å²) in [6, 6.07) is 4.73. The van der Waals surface area contributed by atoms with Crippen LogP contribution < -0.4 is 0 Å². The SMILES string of the molecule is O=C(CCC1CCCC1)N1C[C@@H]2CCCCN(Cc3cccnc3)[C@@H]2C1. The van der Waals surface area contributed by atoms with E-state index in [1.54, 1.807) is 0 Å². The van der Waals surface area contributed by atoms with E-state index in [-0.39, 0.29) is 0 Å². The Morgan fingerprint density at radius 2 is 1.96 bits per heavy atom. The summed E-state index contributed by atoms with van der Waals surface area (Å²) in [5.41, 5.74) is 1.29. The molecule has 1 aromatic heterocycles. The lowest BCUT2D eigenvalue weighted by Crippen LogP contribution is -2.40. The van der Waals surface area contributed by atoms with Gasteiger partial charge in [0.05, 0.1) is 0 Å². The van der Waals surface area contributed by atoms with E-state index in [2.05, 4.69) is 20.9 Å². The van der Waals surface area contributed by atoms with E-state index in [1.807, 2.05) is 18.5 Å². The third kappa shape index (κ3) is 4.28. The number of amides is 1. The number of aromatic nitrogens is 1. The molecule has 1 amide bonds. The van der Waals surface area contributed by atoms with Crippen molar-refractivity contribution in [2.24, 2.45) is 11.8 Å². The van der Waals surface area contributed by atoms with Gasteiger partial charge in [0.2, 0.25) is 5.91 Å². The van der Waals surface area contributed by atoms with Crippen molar-refractivity contribution in [1.29, 1.82) is 0 Å². The Kier molecular flexibility index (Phi) is 5.88. The minimum atomic E-state index is 0.409. The quantitative estimate of drug-likeness (QED) is 0.804. The van der Waals surface area contributed by atoms with Crippen LogP contribution in [0.25, 0.3) is 0 Å². The molecule has 1 aliphatic carbocycles. The summed E-state index contributed by atoms with van der Waals surface area (Å²) in [5, 5.41) is 0. The van der Waals surface area contributed by atoms with Crippen molar-refractivity contribution in [3.63, 3.8) is 0 Å². The molecule has 1 aromatic rings. The molecule has 0 bridgehead atoms. The number of carbonyl (C=O) groups is 1. The van der Waals surface area contributed by atoms with Crippen LogP contribution in [0.5, 0.6) is 0 Å². The van der Waals surface area contributed by atoms with Crippen molar-refractivity contribution >= 4 is 5.91 Å². The third-order valence-electron chi connectivity index (χ3n) is 6.85. The van der Waals surface area contributed by atoms with Gasteiger partial charge in [0.25, 0.3) is 0 Å². The van der Waals surface area contributed by atoms with E-state index < -0.39 is 0 Å². The minimum Gasteiger partial charge on any atom is -0.341 e. The molecular formula is C22H33N3O. The molecule has 2 atom stereocenters. The van der Waals surface area contributed by atoms with E-state index in [9.17, 15) is 4.79 Å². The second-order valence-corrected chi connectivity index (χ2v) is 8.64. The Hall–Kier alpha value is -1.42. The monoisotopic (exact) mass is 355 g/mol. The molecule has 0 radical (unpaired) electrons. The van der Waals surface area contributed by atoms with Crippen molar-refractivity contribution in [2.45, 2.75) is 70.4 Å². The Labute approximate surface area is 158 Å². The van der Waals surface area contributed by atoms with Crippen molar-refractivity contribution < 1.29 is 4.79 Å². The van der Waals surface area contributed by atoms with Gasteiger partial charge in [0.15, 0.2) is 0 Å².